The van der Waals surface area contributed by atoms with Crippen LogP contribution < -0.4 is 10.2 Å². The van der Waals surface area contributed by atoms with Crippen LogP contribution in [0.25, 0.3) is 0 Å². The third-order valence-corrected chi connectivity index (χ3v) is 6.87. The number of hydrogen-bond acceptors (Lipinski definition) is 2. The van der Waals surface area contributed by atoms with E-state index in [2.05, 4.69) is 16.3 Å². The van der Waals surface area contributed by atoms with Gasteiger partial charge in [0, 0.05) is 27.2 Å². The maximum Gasteiger partial charge on any atom is 0.318 e. The van der Waals surface area contributed by atoms with Crippen molar-refractivity contribution in [1.29, 1.82) is 0 Å². The zero-order valence-electron chi connectivity index (χ0n) is 15.9. The molecule has 1 aliphatic heterocycles. The molecule has 2 aliphatic carbocycles. The van der Waals surface area contributed by atoms with E-state index in [0.717, 1.165) is 50.0 Å². The summed E-state index contributed by atoms with van der Waals surface area (Å²) in [5.41, 5.74) is 1.82. The highest BCUT2D eigenvalue weighted by Gasteiger charge is 2.48. The smallest absolute Gasteiger partial charge is 0.318 e. The molecule has 26 heavy (non-hydrogen) atoms. The number of benzene rings is 1. The molecule has 2 amide bonds. The first-order chi connectivity index (χ1) is 12.5. The van der Waals surface area contributed by atoms with Gasteiger partial charge in [-0.25, -0.2) is 9.18 Å². The quantitative estimate of drug-likeness (QED) is 0.878. The number of nitrogens with zero attached hydrogens (tertiary/aromatic N) is 2. The van der Waals surface area contributed by atoms with Gasteiger partial charge in [-0.3, -0.25) is 0 Å². The number of urea groups is 1. The number of rotatable bonds is 4. The number of hydrogen-bond donors (Lipinski definition) is 1. The van der Waals surface area contributed by atoms with Gasteiger partial charge in [0.05, 0.1) is 11.2 Å². The van der Waals surface area contributed by atoms with E-state index in [9.17, 15) is 9.18 Å². The molecule has 0 bridgehead atoms. The van der Waals surface area contributed by atoms with Crippen LogP contribution in [0.15, 0.2) is 18.2 Å². The Bertz CT molecular complexity index is 678. The van der Waals surface area contributed by atoms with Gasteiger partial charge in [-0.2, -0.15) is 0 Å². The zero-order valence-corrected chi connectivity index (χ0v) is 15.9. The average molecular weight is 359 g/mol. The van der Waals surface area contributed by atoms with Crippen molar-refractivity contribution < 1.29 is 9.18 Å². The number of anilines is 1. The van der Waals surface area contributed by atoms with Crippen molar-refractivity contribution in [3.63, 3.8) is 0 Å². The minimum atomic E-state index is -0.142. The fraction of sp³-hybridized carbons (Fsp3) is 0.667. The molecule has 5 heteroatoms. The highest BCUT2D eigenvalue weighted by atomic mass is 19.1. The van der Waals surface area contributed by atoms with Gasteiger partial charge >= 0.3 is 6.03 Å². The normalized spacial score (nSPS) is 29.0. The molecule has 1 spiro atoms. The van der Waals surface area contributed by atoms with Crippen molar-refractivity contribution in [1.82, 2.24) is 10.2 Å². The SMILES string of the molecule is CN(C)c1c(F)cccc1C1CCC2(CC1)CNC(=O)N2CC1CCC1. The highest BCUT2D eigenvalue weighted by molar-refractivity contribution is 5.78. The Kier molecular flexibility index (Phi) is 4.57. The molecule has 3 aliphatic rings. The van der Waals surface area contributed by atoms with Crippen LogP contribution in [0.4, 0.5) is 14.9 Å². The van der Waals surface area contributed by atoms with Crippen molar-refractivity contribution in [2.75, 3.05) is 32.1 Å². The topological polar surface area (TPSA) is 35.6 Å². The van der Waals surface area contributed by atoms with E-state index < -0.39 is 0 Å². The summed E-state index contributed by atoms with van der Waals surface area (Å²) in [6.45, 7) is 1.69. The number of para-hydroxylation sites is 1. The molecular weight excluding hydrogens is 329 g/mol. The lowest BCUT2D eigenvalue weighted by Gasteiger charge is -2.45. The Hall–Kier alpha value is -1.78. The molecule has 1 N–H and O–H groups in total. The number of carbonyl (C=O) groups is 1. The fourth-order valence-corrected chi connectivity index (χ4v) is 5.10. The minimum absolute atomic E-state index is 0.0191. The van der Waals surface area contributed by atoms with Gasteiger partial charge in [-0.05, 0) is 62.0 Å². The summed E-state index contributed by atoms with van der Waals surface area (Å²) in [4.78, 5) is 16.5. The third kappa shape index (κ3) is 2.95. The Labute approximate surface area is 155 Å². The molecule has 4 nitrogen and oxygen atoms in total. The second-order valence-corrected chi connectivity index (χ2v) is 8.64. The predicted octanol–water partition coefficient (Wildman–Crippen LogP) is 4.11. The predicted molar refractivity (Wildman–Crippen MR) is 102 cm³/mol. The van der Waals surface area contributed by atoms with Crippen LogP contribution in [0.1, 0.15) is 56.4 Å². The molecule has 0 radical (unpaired) electrons. The Morgan fingerprint density at radius 1 is 1.23 bits per heavy atom. The number of carbonyl (C=O) groups excluding carboxylic acids is 1. The van der Waals surface area contributed by atoms with Crippen LogP contribution in [-0.4, -0.2) is 43.7 Å². The van der Waals surface area contributed by atoms with Crippen LogP contribution >= 0.6 is 0 Å². The standard InChI is InChI=1S/C21H30FN3O/c1-24(2)19-17(7-4-8-18(19)22)16-9-11-21(12-10-16)14-23-20(26)25(21)13-15-5-3-6-15/h4,7-8,15-16H,3,5-6,9-14H2,1-2H3,(H,23,26). The zero-order chi connectivity index (χ0) is 18.3. The van der Waals surface area contributed by atoms with Gasteiger partial charge < -0.3 is 15.1 Å². The first kappa shape index (κ1) is 17.6. The van der Waals surface area contributed by atoms with Crippen molar-refractivity contribution in [2.45, 2.75) is 56.4 Å². The molecule has 2 saturated carbocycles. The lowest BCUT2D eigenvalue weighted by atomic mass is 9.72. The molecule has 0 unspecified atom stereocenters. The second-order valence-electron chi connectivity index (χ2n) is 8.64. The van der Waals surface area contributed by atoms with Gasteiger partial charge in [0.15, 0.2) is 0 Å². The lowest BCUT2D eigenvalue weighted by Crippen LogP contribution is -2.51. The van der Waals surface area contributed by atoms with Gasteiger partial charge in [-0.1, -0.05) is 18.6 Å². The van der Waals surface area contributed by atoms with Crippen molar-refractivity contribution in [2.24, 2.45) is 5.92 Å². The summed E-state index contributed by atoms with van der Waals surface area (Å²) in [5.74, 6) is 0.920. The Balaban J connectivity index is 1.50. The van der Waals surface area contributed by atoms with Crippen LogP contribution in [0.5, 0.6) is 0 Å². The van der Waals surface area contributed by atoms with E-state index in [0.29, 0.717) is 11.8 Å². The molecule has 1 aromatic carbocycles. The molecule has 1 heterocycles. The van der Waals surface area contributed by atoms with Crippen LogP contribution in [0, 0.1) is 11.7 Å². The Morgan fingerprint density at radius 3 is 2.58 bits per heavy atom. The maximum absolute atomic E-state index is 14.3. The van der Waals surface area contributed by atoms with Crippen LogP contribution in [-0.2, 0) is 0 Å². The summed E-state index contributed by atoms with van der Waals surface area (Å²) in [6.07, 6.45) is 7.87. The molecule has 4 rings (SSSR count). The summed E-state index contributed by atoms with van der Waals surface area (Å²) in [6, 6.07) is 5.56. The minimum Gasteiger partial charge on any atom is -0.375 e. The fourth-order valence-electron chi connectivity index (χ4n) is 5.10. The molecule has 3 fully saturated rings. The summed E-state index contributed by atoms with van der Waals surface area (Å²) >= 11 is 0. The maximum atomic E-state index is 14.3. The third-order valence-electron chi connectivity index (χ3n) is 6.87. The summed E-state index contributed by atoms with van der Waals surface area (Å²) in [5, 5.41) is 3.10. The molecule has 1 aromatic rings. The lowest BCUT2D eigenvalue weighted by molar-refractivity contribution is 0.0841. The van der Waals surface area contributed by atoms with Gasteiger partial charge in [0.1, 0.15) is 5.82 Å². The van der Waals surface area contributed by atoms with Crippen molar-refractivity contribution >= 4 is 11.7 Å². The van der Waals surface area contributed by atoms with Crippen molar-refractivity contribution in [3.8, 4) is 0 Å². The van der Waals surface area contributed by atoms with E-state index in [1.165, 1.54) is 19.3 Å². The summed E-state index contributed by atoms with van der Waals surface area (Å²) in [7, 11) is 3.82. The van der Waals surface area contributed by atoms with Crippen LogP contribution in [0.2, 0.25) is 0 Å². The molecule has 0 atom stereocenters. The largest absolute Gasteiger partial charge is 0.375 e. The molecule has 142 valence electrons. The number of amides is 2. The molecule has 1 saturated heterocycles. The van der Waals surface area contributed by atoms with E-state index >= 15 is 0 Å². The highest BCUT2D eigenvalue weighted by Crippen LogP contribution is 2.45. The monoisotopic (exact) mass is 359 g/mol. The van der Waals surface area contributed by atoms with Gasteiger partial charge in [-0.15, -0.1) is 0 Å². The van der Waals surface area contributed by atoms with E-state index in [-0.39, 0.29) is 17.4 Å². The number of halogens is 1. The first-order valence-electron chi connectivity index (χ1n) is 10.0. The van der Waals surface area contributed by atoms with E-state index in [1.807, 2.05) is 25.1 Å². The van der Waals surface area contributed by atoms with Gasteiger partial charge in [0.2, 0.25) is 0 Å². The van der Waals surface area contributed by atoms with E-state index in [4.69, 9.17) is 0 Å². The van der Waals surface area contributed by atoms with Gasteiger partial charge in [0.25, 0.3) is 0 Å². The first-order valence-corrected chi connectivity index (χ1v) is 10.0. The van der Waals surface area contributed by atoms with E-state index in [1.54, 1.807) is 6.07 Å². The average Bonchev–Trinajstić information content (AvgIpc) is 2.87. The summed E-state index contributed by atoms with van der Waals surface area (Å²) < 4.78 is 14.3. The Morgan fingerprint density at radius 2 is 1.96 bits per heavy atom. The molecular formula is C21H30FN3O. The molecule has 0 aromatic heterocycles. The van der Waals surface area contributed by atoms with Crippen molar-refractivity contribution in [3.05, 3.63) is 29.6 Å². The second kappa shape index (κ2) is 6.75. The number of nitrogens with one attached hydrogen (secondary N) is 1. The van der Waals surface area contributed by atoms with Crippen LogP contribution in [0.3, 0.4) is 0 Å².